The number of carbonyl (C=O) groups is 1. The lowest BCUT2D eigenvalue weighted by molar-refractivity contribution is 0.0230. The van der Waals surface area contributed by atoms with Crippen LogP contribution in [-0.2, 0) is 0 Å². The third-order valence-corrected chi connectivity index (χ3v) is 4.94. The molecule has 3 rings (SSSR count). The van der Waals surface area contributed by atoms with Gasteiger partial charge in [0.15, 0.2) is 11.5 Å². The van der Waals surface area contributed by atoms with E-state index in [0.717, 1.165) is 13.0 Å². The SMILES string of the molecule is N#CCCN1CC[C@@H](CNC(=O)c2cc(Cl)cc3c2OCCO3)[C@H](O)C1. The minimum absolute atomic E-state index is 0.0236. The van der Waals surface area contributed by atoms with Crippen LogP contribution in [0, 0.1) is 17.2 Å². The minimum atomic E-state index is -0.532. The Hall–Kier alpha value is -2.01. The van der Waals surface area contributed by atoms with Gasteiger partial charge < -0.3 is 19.9 Å². The number of hydrogen-bond donors (Lipinski definition) is 2. The molecule has 2 atom stereocenters. The van der Waals surface area contributed by atoms with Crippen LogP contribution in [0.25, 0.3) is 0 Å². The zero-order chi connectivity index (χ0) is 18.5. The lowest BCUT2D eigenvalue weighted by atomic mass is 9.93. The van der Waals surface area contributed by atoms with Gasteiger partial charge in [-0.15, -0.1) is 0 Å². The van der Waals surface area contributed by atoms with E-state index >= 15 is 0 Å². The Balaban J connectivity index is 1.58. The van der Waals surface area contributed by atoms with Gasteiger partial charge in [-0.25, -0.2) is 0 Å². The number of fused-ring (bicyclic) bond motifs is 1. The van der Waals surface area contributed by atoms with Gasteiger partial charge in [0.05, 0.1) is 17.7 Å². The maximum atomic E-state index is 12.6. The first-order valence-electron chi connectivity index (χ1n) is 8.73. The standard InChI is InChI=1S/C18H22ClN3O4/c19-13-8-14(17-16(9-13)25-6-7-26-17)18(24)21-10-12-2-5-22(4-1-3-20)11-15(12)23/h8-9,12,15,23H,1-2,4-7,10-11H2,(H,21,24)/t12-,15+/m0/s1. The Morgan fingerprint density at radius 3 is 3.00 bits per heavy atom. The van der Waals surface area contributed by atoms with E-state index in [2.05, 4.69) is 16.3 Å². The molecule has 140 valence electrons. The molecule has 0 unspecified atom stereocenters. The van der Waals surface area contributed by atoms with Crippen molar-refractivity contribution >= 4 is 17.5 Å². The van der Waals surface area contributed by atoms with Gasteiger partial charge in [-0.1, -0.05) is 11.6 Å². The molecular formula is C18H22ClN3O4. The lowest BCUT2D eigenvalue weighted by Crippen LogP contribution is -2.47. The highest BCUT2D eigenvalue weighted by Gasteiger charge is 2.28. The molecule has 2 heterocycles. The fraction of sp³-hybridized carbons (Fsp3) is 0.556. The lowest BCUT2D eigenvalue weighted by Gasteiger charge is -2.35. The Morgan fingerprint density at radius 2 is 2.23 bits per heavy atom. The second kappa shape index (κ2) is 8.58. The summed E-state index contributed by atoms with van der Waals surface area (Å²) in [5.74, 6) is 0.558. The van der Waals surface area contributed by atoms with Gasteiger partial charge in [0.2, 0.25) is 0 Å². The summed E-state index contributed by atoms with van der Waals surface area (Å²) in [6.07, 6.45) is 0.687. The van der Waals surface area contributed by atoms with Crippen LogP contribution in [-0.4, -0.2) is 61.4 Å². The third kappa shape index (κ3) is 4.39. The molecule has 1 aromatic carbocycles. The van der Waals surface area contributed by atoms with E-state index < -0.39 is 6.10 Å². The summed E-state index contributed by atoms with van der Waals surface area (Å²) in [6.45, 7) is 3.17. The number of piperidine rings is 1. The maximum Gasteiger partial charge on any atom is 0.255 e. The van der Waals surface area contributed by atoms with Crippen LogP contribution in [0.3, 0.4) is 0 Å². The number of nitrogens with one attached hydrogen (secondary N) is 1. The number of nitriles is 1. The first-order chi connectivity index (χ1) is 12.6. The Bertz CT molecular complexity index is 706. The normalized spacial score (nSPS) is 22.5. The van der Waals surface area contributed by atoms with Gasteiger partial charge in [0.25, 0.3) is 5.91 Å². The van der Waals surface area contributed by atoms with Crippen LogP contribution in [0.15, 0.2) is 12.1 Å². The van der Waals surface area contributed by atoms with Crippen molar-refractivity contribution in [2.75, 3.05) is 39.4 Å². The highest BCUT2D eigenvalue weighted by Crippen LogP contribution is 2.36. The van der Waals surface area contributed by atoms with Crippen molar-refractivity contribution in [1.29, 1.82) is 5.26 Å². The highest BCUT2D eigenvalue weighted by molar-refractivity contribution is 6.31. The predicted octanol–water partition coefficient (Wildman–Crippen LogP) is 1.44. The zero-order valence-electron chi connectivity index (χ0n) is 14.4. The highest BCUT2D eigenvalue weighted by atomic mass is 35.5. The van der Waals surface area contributed by atoms with Crippen LogP contribution in [0.5, 0.6) is 11.5 Å². The monoisotopic (exact) mass is 379 g/mol. The second-order valence-electron chi connectivity index (χ2n) is 6.51. The van der Waals surface area contributed by atoms with E-state index in [1.807, 2.05) is 0 Å². The van der Waals surface area contributed by atoms with E-state index in [9.17, 15) is 9.90 Å². The van der Waals surface area contributed by atoms with Crippen molar-refractivity contribution in [3.05, 3.63) is 22.7 Å². The molecule has 0 spiro atoms. The van der Waals surface area contributed by atoms with Crippen molar-refractivity contribution in [3.63, 3.8) is 0 Å². The topological polar surface area (TPSA) is 94.8 Å². The summed E-state index contributed by atoms with van der Waals surface area (Å²) >= 11 is 6.07. The van der Waals surface area contributed by atoms with Crippen molar-refractivity contribution < 1.29 is 19.4 Å². The molecule has 0 aromatic heterocycles. The number of likely N-dealkylation sites (tertiary alicyclic amines) is 1. The summed E-state index contributed by atoms with van der Waals surface area (Å²) in [5.41, 5.74) is 0.341. The summed E-state index contributed by atoms with van der Waals surface area (Å²) in [5, 5.41) is 22.3. The van der Waals surface area contributed by atoms with Gasteiger partial charge in [-0.05, 0) is 19.0 Å². The van der Waals surface area contributed by atoms with Gasteiger partial charge in [-0.2, -0.15) is 5.26 Å². The van der Waals surface area contributed by atoms with E-state index in [0.29, 0.717) is 61.4 Å². The van der Waals surface area contributed by atoms with Crippen LogP contribution in [0.1, 0.15) is 23.2 Å². The first kappa shape index (κ1) is 18.8. The van der Waals surface area contributed by atoms with E-state index in [1.165, 1.54) is 0 Å². The molecule has 0 aliphatic carbocycles. The average Bonchev–Trinajstić information content (AvgIpc) is 2.64. The third-order valence-electron chi connectivity index (χ3n) is 4.72. The van der Waals surface area contributed by atoms with Crippen LogP contribution in [0.2, 0.25) is 5.02 Å². The number of ether oxygens (including phenoxy) is 2. The molecule has 0 bridgehead atoms. The summed E-state index contributed by atoms with van der Waals surface area (Å²) in [7, 11) is 0. The largest absolute Gasteiger partial charge is 0.486 e. The molecule has 7 nitrogen and oxygen atoms in total. The second-order valence-corrected chi connectivity index (χ2v) is 6.95. The molecule has 1 saturated heterocycles. The molecule has 2 aliphatic rings. The van der Waals surface area contributed by atoms with Gasteiger partial charge >= 0.3 is 0 Å². The number of aliphatic hydroxyl groups excluding tert-OH is 1. The van der Waals surface area contributed by atoms with Crippen molar-refractivity contribution in [2.45, 2.75) is 18.9 Å². The van der Waals surface area contributed by atoms with Gasteiger partial charge in [0.1, 0.15) is 13.2 Å². The molecule has 8 heteroatoms. The van der Waals surface area contributed by atoms with E-state index in [1.54, 1.807) is 12.1 Å². The smallest absolute Gasteiger partial charge is 0.255 e. The zero-order valence-corrected chi connectivity index (χ0v) is 15.2. The van der Waals surface area contributed by atoms with Crippen LogP contribution >= 0.6 is 11.6 Å². The Labute approximate surface area is 157 Å². The van der Waals surface area contributed by atoms with E-state index in [-0.39, 0.29) is 11.8 Å². The predicted molar refractivity (Wildman–Crippen MR) is 95.6 cm³/mol. The molecule has 2 aliphatic heterocycles. The Kier molecular flexibility index (Phi) is 6.20. The fourth-order valence-electron chi connectivity index (χ4n) is 3.30. The van der Waals surface area contributed by atoms with Gasteiger partial charge in [-0.3, -0.25) is 9.69 Å². The Morgan fingerprint density at radius 1 is 1.42 bits per heavy atom. The van der Waals surface area contributed by atoms with Crippen LogP contribution in [0.4, 0.5) is 0 Å². The quantitative estimate of drug-likeness (QED) is 0.803. The number of halogens is 1. The number of hydrogen-bond acceptors (Lipinski definition) is 6. The molecule has 26 heavy (non-hydrogen) atoms. The molecule has 1 amide bonds. The van der Waals surface area contributed by atoms with E-state index in [4.69, 9.17) is 26.3 Å². The number of benzene rings is 1. The van der Waals surface area contributed by atoms with Crippen molar-refractivity contribution in [3.8, 4) is 17.6 Å². The molecule has 1 fully saturated rings. The number of carbonyl (C=O) groups excluding carboxylic acids is 1. The molecule has 2 N–H and O–H groups in total. The molecule has 0 saturated carbocycles. The van der Waals surface area contributed by atoms with Crippen molar-refractivity contribution in [1.82, 2.24) is 10.2 Å². The van der Waals surface area contributed by atoms with Crippen LogP contribution < -0.4 is 14.8 Å². The number of aliphatic hydroxyl groups is 1. The summed E-state index contributed by atoms with van der Waals surface area (Å²) in [4.78, 5) is 14.7. The number of β-amino-alcohol motifs (C(OH)–C–C–N with tert-alkyl or cyclic N) is 1. The fourth-order valence-corrected chi connectivity index (χ4v) is 3.51. The molecule has 1 aromatic rings. The average molecular weight is 380 g/mol. The minimum Gasteiger partial charge on any atom is -0.486 e. The number of amides is 1. The summed E-state index contributed by atoms with van der Waals surface area (Å²) in [6, 6.07) is 5.31. The summed E-state index contributed by atoms with van der Waals surface area (Å²) < 4.78 is 11.1. The number of nitrogens with zero attached hydrogens (tertiary/aromatic N) is 2. The van der Waals surface area contributed by atoms with Crippen molar-refractivity contribution in [2.24, 2.45) is 5.92 Å². The maximum absolute atomic E-state index is 12.6. The molecular weight excluding hydrogens is 358 g/mol. The first-order valence-corrected chi connectivity index (χ1v) is 9.11. The number of rotatable bonds is 5. The molecule has 0 radical (unpaired) electrons. The van der Waals surface area contributed by atoms with Gasteiger partial charge in [0, 0.05) is 43.1 Å².